The lowest BCUT2D eigenvalue weighted by atomic mass is 10.2. The molecule has 0 unspecified atom stereocenters. The van der Waals surface area contributed by atoms with E-state index in [1.54, 1.807) is 66.4 Å². The predicted molar refractivity (Wildman–Crippen MR) is 103 cm³/mol. The van der Waals surface area contributed by atoms with Crippen molar-refractivity contribution in [2.75, 3.05) is 26.2 Å². The van der Waals surface area contributed by atoms with Crippen LogP contribution in [0.4, 0.5) is 0 Å². The Hall–Kier alpha value is -2.09. The van der Waals surface area contributed by atoms with Crippen LogP contribution in [-0.2, 0) is 14.8 Å². The van der Waals surface area contributed by atoms with E-state index in [4.69, 9.17) is 16.3 Å². The van der Waals surface area contributed by atoms with Gasteiger partial charge in [-0.2, -0.15) is 4.31 Å². The summed E-state index contributed by atoms with van der Waals surface area (Å²) in [6.45, 7) is 2.81. The summed E-state index contributed by atoms with van der Waals surface area (Å²) < 4.78 is 32.4. The van der Waals surface area contributed by atoms with Crippen molar-refractivity contribution in [3.63, 3.8) is 0 Å². The quantitative estimate of drug-likeness (QED) is 0.762. The number of halogens is 1. The van der Waals surface area contributed by atoms with E-state index in [-0.39, 0.29) is 23.9 Å². The molecule has 1 amide bonds. The van der Waals surface area contributed by atoms with Crippen molar-refractivity contribution in [3.8, 4) is 5.75 Å². The molecule has 1 aliphatic rings. The molecule has 6 nitrogen and oxygen atoms in total. The summed E-state index contributed by atoms with van der Waals surface area (Å²) in [7, 11) is -3.54. The zero-order valence-electron chi connectivity index (χ0n) is 14.9. The van der Waals surface area contributed by atoms with E-state index in [2.05, 4.69) is 0 Å². The molecule has 0 aliphatic carbocycles. The lowest BCUT2D eigenvalue weighted by Gasteiger charge is -2.35. The Kier molecular flexibility index (Phi) is 6.04. The number of piperazine rings is 1. The standard InChI is InChI=1S/C19H21ClN2O4S/c1-15(26-18-10-6-5-9-17(18)20)19(23)21-11-13-22(14-12-21)27(24,25)16-7-3-2-4-8-16/h2-10,15H,11-14H2,1H3/t15-/m1/s1. The van der Waals surface area contributed by atoms with Crippen LogP contribution in [0.1, 0.15) is 6.92 Å². The number of ether oxygens (including phenoxy) is 1. The monoisotopic (exact) mass is 408 g/mol. The fourth-order valence-corrected chi connectivity index (χ4v) is 4.55. The first-order valence-electron chi connectivity index (χ1n) is 8.65. The van der Waals surface area contributed by atoms with Gasteiger partial charge in [0.05, 0.1) is 9.92 Å². The highest BCUT2D eigenvalue weighted by Gasteiger charge is 2.32. The van der Waals surface area contributed by atoms with Crippen molar-refractivity contribution in [1.29, 1.82) is 0 Å². The van der Waals surface area contributed by atoms with Crippen molar-refractivity contribution in [3.05, 3.63) is 59.6 Å². The number of carbonyl (C=O) groups excluding carboxylic acids is 1. The fraction of sp³-hybridized carbons (Fsp3) is 0.316. The fourth-order valence-electron chi connectivity index (χ4n) is 2.93. The molecular formula is C19H21ClN2O4S. The van der Waals surface area contributed by atoms with Gasteiger partial charge in [-0.1, -0.05) is 41.9 Å². The molecule has 0 bridgehead atoms. The molecule has 0 aromatic heterocycles. The Morgan fingerprint density at radius 2 is 1.59 bits per heavy atom. The first-order chi connectivity index (χ1) is 12.9. The third kappa shape index (κ3) is 4.43. The molecule has 1 atom stereocenters. The Morgan fingerprint density at radius 1 is 1.00 bits per heavy atom. The number of nitrogens with zero attached hydrogens (tertiary/aromatic N) is 2. The number of para-hydroxylation sites is 1. The number of benzene rings is 2. The molecule has 8 heteroatoms. The molecule has 0 radical (unpaired) electrons. The van der Waals surface area contributed by atoms with Crippen molar-refractivity contribution in [2.24, 2.45) is 0 Å². The molecule has 1 fully saturated rings. The van der Waals surface area contributed by atoms with Crippen molar-refractivity contribution >= 4 is 27.5 Å². The smallest absolute Gasteiger partial charge is 0.263 e. The lowest BCUT2D eigenvalue weighted by molar-refractivity contribution is -0.139. The molecule has 0 saturated carbocycles. The topological polar surface area (TPSA) is 66.9 Å². The van der Waals surface area contributed by atoms with Gasteiger partial charge < -0.3 is 9.64 Å². The molecule has 144 valence electrons. The second-order valence-electron chi connectivity index (χ2n) is 6.23. The van der Waals surface area contributed by atoms with E-state index >= 15 is 0 Å². The summed E-state index contributed by atoms with van der Waals surface area (Å²) in [5, 5.41) is 0.441. The number of sulfonamides is 1. The zero-order chi connectivity index (χ0) is 19.4. The minimum absolute atomic E-state index is 0.188. The van der Waals surface area contributed by atoms with E-state index in [9.17, 15) is 13.2 Å². The Bertz CT molecular complexity index is 897. The third-order valence-electron chi connectivity index (χ3n) is 4.42. The van der Waals surface area contributed by atoms with E-state index in [1.807, 2.05) is 0 Å². The summed E-state index contributed by atoms with van der Waals surface area (Å²) in [5.74, 6) is 0.261. The molecule has 1 saturated heterocycles. The Labute approximate surface area is 164 Å². The highest BCUT2D eigenvalue weighted by molar-refractivity contribution is 7.89. The van der Waals surface area contributed by atoms with Gasteiger partial charge in [0.2, 0.25) is 10.0 Å². The summed E-state index contributed by atoms with van der Waals surface area (Å²) in [6, 6.07) is 15.3. The van der Waals surface area contributed by atoms with Crippen LogP contribution >= 0.6 is 11.6 Å². The average molecular weight is 409 g/mol. The second kappa shape index (κ2) is 8.29. The molecule has 2 aromatic carbocycles. The third-order valence-corrected chi connectivity index (χ3v) is 6.64. The van der Waals surface area contributed by atoms with Crippen LogP contribution in [0, 0.1) is 0 Å². The van der Waals surface area contributed by atoms with Gasteiger partial charge in [0.25, 0.3) is 5.91 Å². The van der Waals surface area contributed by atoms with Gasteiger partial charge >= 0.3 is 0 Å². The summed E-state index contributed by atoms with van der Waals surface area (Å²) >= 11 is 6.06. The molecule has 2 aromatic rings. The van der Waals surface area contributed by atoms with E-state index < -0.39 is 16.1 Å². The van der Waals surface area contributed by atoms with Crippen LogP contribution in [0.2, 0.25) is 5.02 Å². The number of hydrogen-bond acceptors (Lipinski definition) is 4. The van der Waals surface area contributed by atoms with Crippen molar-refractivity contribution in [2.45, 2.75) is 17.9 Å². The van der Waals surface area contributed by atoms with Crippen LogP contribution < -0.4 is 4.74 Å². The summed E-state index contributed by atoms with van der Waals surface area (Å²) in [5.41, 5.74) is 0. The average Bonchev–Trinajstić information content (AvgIpc) is 2.70. The molecular weight excluding hydrogens is 388 g/mol. The van der Waals surface area contributed by atoms with Crippen LogP contribution in [0.3, 0.4) is 0 Å². The Balaban J connectivity index is 1.60. The summed E-state index contributed by atoms with van der Waals surface area (Å²) in [6.07, 6.45) is -0.706. The number of hydrogen-bond donors (Lipinski definition) is 0. The summed E-state index contributed by atoms with van der Waals surface area (Å²) in [4.78, 5) is 14.5. The normalized spacial score (nSPS) is 16.7. The molecule has 0 spiro atoms. The van der Waals surface area contributed by atoms with Gasteiger partial charge in [-0.15, -0.1) is 0 Å². The zero-order valence-corrected chi connectivity index (χ0v) is 16.5. The minimum atomic E-state index is -3.54. The van der Waals surface area contributed by atoms with Gasteiger partial charge in [0.1, 0.15) is 5.75 Å². The van der Waals surface area contributed by atoms with E-state index in [0.29, 0.717) is 23.9 Å². The van der Waals surface area contributed by atoms with Crippen LogP contribution in [0.5, 0.6) is 5.75 Å². The van der Waals surface area contributed by atoms with Gasteiger partial charge in [-0.3, -0.25) is 4.79 Å². The molecule has 1 heterocycles. The van der Waals surface area contributed by atoms with Gasteiger partial charge in [-0.25, -0.2) is 8.42 Å². The lowest BCUT2D eigenvalue weighted by Crippen LogP contribution is -2.53. The van der Waals surface area contributed by atoms with Gasteiger partial charge in [0.15, 0.2) is 6.10 Å². The molecule has 1 aliphatic heterocycles. The SMILES string of the molecule is C[C@@H](Oc1ccccc1Cl)C(=O)N1CCN(S(=O)(=O)c2ccccc2)CC1. The number of carbonyl (C=O) groups is 1. The predicted octanol–water partition coefficient (Wildman–Crippen LogP) is 2.64. The first kappa shape index (κ1) is 19.7. The van der Waals surface area contributed by atoms with E-state index in [1.165, 1.54) is 4.31 Å². The maximum absolute atomic E-state index is 12.7. The van der Waals surface area contributed by atoms with Crippen LogP contribution in [0.15, 0.2) is 59.5 Å². The molecule has 27 heavy (non-hydrogen) atoms. The second-order valence-corrected chi connectivity index (χ2v) is 8.58. The number of amides is 1. The van der Waals surface area contributed by atoms with E-state index in [0.717, 1.165) is 0 Å². The molecule has 3 rings (SSSR count). The minimum Gasteiger partial charge on any atom is -0.479 e. The maximum atomic E-state index is 12.7. The highest BCUT2D eigenvalue weighted by Crippen LogP contribution is 2.25. The van der Waals surface area contributed by atoms with Crippen LogP contribution in [-0.4, -0.2) is 55.8 Å². The van der Waals surface area contributed by atoms with Crippen LogP contribution in [0.25, 0.3) is 0 Å². The first-order valence-corrected chi connectivity index (χ1v) is 10.5. The van der Waals surface area contributed by atoms with Gasteiger partial charge in [0, 0.05) is 26.2 Å². The molecule has 0 N–H and O–H groups in total. The van der Waals surface area contributed by atoms with Crippen molar-refractivity contribution < 1.29 is 17.9 Å². The highest BCUT2D eigenvalue weighted by atomic mass is 35.5. The number of rotatable bonds is 5. The Morgan fingerprint density at radius 3 is 2.22 bits per heavy atom. The van der Waals surface area contributed by atoms with Crippen molar-refractivity contribution in [1.82, 2.24) is 9.21 Å². The maximum Gasteiger partial charge on any atom is 0.263 e. The van der Waals surface area contributed by atoms with Gasteiger partial charge in [-0.05, 0) is 31.2 Å². The largest absolute Gasteiger partial charge is 0.479 e.